The number of piperidine rings is 1. The van der Waals surface area contributed by atoms with Crippen LogP contribution >= 0.6 is 0 Å². The van der Waals surface area contributed by atoms with Crippen molar-refractivity contribution in [3.8, 4) is 0 Å². The molecule has 110 valence electrons. The van der Waals surface area contributed by atoms with Crippen LogP contribution in [0, 0.1) is 5.92 Å². The summed E-state index contributed by atoms with van der Waals surface area (Å²) in [6.07, 6.45) is 2.21. The van der Waals surface area contributed by atoms with Crippen LogP contribution in [0.15, 0.2) is 42.5 Å². The lowest BCUT2D eigenvalue weighted by Gasteiger charge is -2.32. The molecule has 3 heteroatoms. The average Bonchev–Trinajstić information content (AvgIpc) is 2.54. The SMILES string of the molecule is COCC1CCCN(C(=O)c2ccc3ccccc3c2)C1. The summed E-state index contributed by atoms with van der Waals surface area (Å²) in [4.78, 5) is 14.6. The van der Waals surface area contributed by atoms with Gasteiger partial charge in [-0.15, -0.1) is 0 Å². The van der Waals surface area contributed by atoms with Crippen molar-refractivity contribution < 1.29 is 9.53 Å². The highest BCUT2D eigenvalue weighted by atomic mass is 16.5. The van der Waals surface area contributed by atoms with Crippen LogP contribution in [0.4, 0.5) is 0 Å². The summed E-state index contributed by atoms with van der Waals surface area (Å²) in [5.74, 6) is 0.606. The number of hydrogen-bond donors (Lipinski definition) is 0. The third-order valence-corrected chi connectivity index (χ3v) is 4.20. The lowest BCUT2D eigenvalue weighted by Crippen LogP contribution is -2.41. The summed E-state index contributed by atoms with van der Waals surface area (Å²) in [6.45, 7) is 2.40. The number of likely N-dealkylation sites (tertiary alicyclic amines) is 1. The molecule has 0 N–H and O–H groups in total. The van der Waals surface area contributed by atoms with E-state index in [9.17, 15) is 4.79 Å². The van der Waals surface area contributed by atoms with Crippen LogP contribution in [0.3, 0.4) is 0 Å². The van der Waals surface area contributed by atoms with E-state index in [1.54, 1.807) is 7.11 Å². The maximum Gasteiger partial charge on any atom is 0.253 e. The molecule has 0 aliphatic carbocycles. The molecular weight excluding hydrogens is 262 g/mol. The molecule has 1 aliphatic heterocycles. The summed E-state index contributed by atoms with van der Waals surface area (Å²) < 4.78 is 5.23. The van der Waals surface area contributed by atoms with Crippen molar-refractivity contribution in [2.45, 2.75) is 12.8 Å². The minimum absolute atomic E-state index is 0.140. The minimum Gasteiger partial charge on any atom is -0.384 e. The first kappa shape index (κ1) is 14.1. The molecule has 1 heterocycles. The Hall–Kier alpha value is -1.87. The normalized spacial score (nSPS) is 18.9. The van der Waals surface area contributed by atoms with Crippen molar-refractivity contribution in [2.24, 2.45) is 5.92 Å². The Morgan fingerprint density at radius 2 is 2.05 bits per heavy atom. The van der Waals surface area contributed by atoms with Crippen molar-refractivity contribution in [3.05, 3.63) is 48.0 Å². The summed E-state index contributed by atoms with van der Waals surface area (Å²) >= 11 is 0. The third-order valence-electron chi connectivity index (χ3n) is 4.20. The van der Waals surface area contributed by atoms with Gasteiger partial charge in [0.05, 0.1) is 6.61 Å². The molecule has 2 aromatic rings. The van der Waals surface area contributed by atoms with Gasteiger partial charge in [0.25, 0.3) is 5.91 Å². The molecule has 0 radical (unpaired) electrons. The highest BCUT2D eigenvalue weighted by Crippen LogP contribution is 2.21. The van der Waals surface area contributed by atoms with E-state index < -0.39 is 0 Å². The van der Waals surface area contributed by atoms with Gasteiger partial charge in [0, 0.05) is 25.8 Å². The molecule has 1 aliphatic rings. The van der Waals surface area contributed by atoms with E-state index in [4.69, 9.17) is 4.74 Å². The Bertz CT molecular complexity index is 636. The predicted octanol–water partition coefficient (Wildman–Crippen LogP) is 3.34. The first-order valence-electron chi connectivity index (χ1n) is 7.55. The van der Waals surface area contributed by atoms with E-state index in [1.807, 2.05) is 35.2 Å². The first-order valence-corrected chi connectivity index (χ1v) is 7.55. The molecule has 1 amide bonds. The molecule has 1 unspecified atom stereocenters. The largest absolute Gasteiger partial charge is 0.384 e. The van der Waals surface area contributed by atoms with Crippen LogP contribution in [0.2, 0.25) is 0 Å². The maximum absolute atomic E-state index is 12.7. The van der Waals surface area contributed by atoms with Gasteiger partial charge in [-0.1, -0.05) is 30.3 Å². The summed E-state index contributed by atoms with van der Waals surface area (Å²) in [5.41, 5.74) is 0.784. The number of hydrogen-bond acceptors (Lipinski definition) is 2. The van der Waals surface area contributed by atoms with Gasteiger partial charge in [-0.3, -0.25) is 4.79 Å². The van der Waals surface area contributed by atoms with Gasteiger partial charge < -0.3 is 9.64 Å². The monoisotopic (exact) mass is 283 g/mol. The zero-order valence-electron chi connectivity index (χ0n) is 12.4. The van der Waals surface area contributed by atoms with E-state index in [1.165, 1.54) is 5.39 Å². The van der Waals surface area contributed by atoms with Crippen LogP contribution in [-0.2, 0) is 4.74 Å². The molecule has 0 bridgehead atoms. The van der Waals surface area contributed by atoms with Crippen molar-refractivity contribution in [1.29, 1.82) is 0 Å². The van der Waals surface area contributed by atoms with Gasteiger partial charge in [-0.2, -0.15) is 0 Å². The van der Waals surface area contributed by atoms with E-state index in [0.29, 0.717) is 5.92 Å². The van der Waals surface area contributed by atoms with E-state index in [-0.39, 0.29) is 5.91 Å². The Morgan fingerprint density at radius 1 is 1.24 bits per heavy atom. The second-order valence-corrected chi connectivity index (χ2v) is 5.78. The van der Waals surface area contributed by atoms with Crippen molar-refractivity contribution in [2.75, 3.05) is 26.8 Å². The Morgan fingerprint density at radius 3 is 2.86 bits per heavy atom. The van der Waals surface area contributed by atoms with Gasteiger partial charge in [0.1, 0.15) is 0 Å². The second kappa shape index (κ2) is 6.27. The fourth-order valence-corrected chi connectivity index (χ4v) is 3.13. The number of carbonyl (C=O) groups excluding carboxylic acids is 1. The molecule has 0 saturated carbocycles. The molecule has 1 atom stereocenters. The number of methoxy groups -OCH3 is 1. The van der Waals surface area contributed by atoms with Gasteiger partial charge in [-0.05, 0) is 41.7 Å². The molecule has 1 fully saturated rings. The lowest BCUT2D eigenvalue weighted by atomic mass is 9.98. The fourth-order valence-electron chi connectivity index (χ4n) is 3.13. The zero-order chi connectivity index (χ0) is 14.7. The van der Waals surface area contributed by atoms with Crippen molar-refractivity contribution in [3.63, 3.8) is 0 Å². The molecule has 1 saturated heterocycles. The van der Waals surface area contributed by atoms with Crippen LogP contribution in [0.25, 0.3) is 10.8 Å². The lowest BCUT2D eigenvalue weighted by molar-refractivity contribution is 0.0571. The molecule has 0 aromatic heterocycles. The van der Waals surface area contributed by atoms with Crippen LogP contribution in [-0.4, -0.2) is 37.6 Å². The van der Waals surface area contributed by atoms with E-state index in [2.05, 4.69) is 12.1 Å². The molecule has 0 spiro atoms. The number of nitrogens with zero attached hydrogens (tertiary/aromatic N) is 1. The molecule has 2 aromatic carbocycles. The average molecular weight is 283 g/mol. The molecule has 21 heavy (non-hydrogen) atoms. The summed E-state index contributed by atoms with van der Waals surface area (Å²) in [5, 5.41) is 2.29. The Labute approximate surface area is 125 Å². The standard InChI is InChI=1S/C18H21NO2/c1-21-13-14-5-4-10-19(12-14)18(20)17-9-8-15-6-2-3-7-16(15)11-17/h2-3,6-9,11,14H,4-5,10,12-13H2,1H3. The molecular formula is C18H21NO2. The number of amides is 1. The summed E-state index contributed by atoms with van der Waals surface area (Å²) in [7, 11) is 1.73. The summed E-state index contributed by atoms with van der Waals surface area (Å²) in [6, 6.07) is 14.1. The van der Waals surface area contributed by atoms with Gasteiger partial charge in [0.15, 0.2) is 0 Å². The van der Waals surface area contributed by atoms with E-state index >= 15 is 0 Å². The Kier molecular flexibility index (Phi) is 4.20. The van der Waals surface area contributed by atoms with Crippen LogP contribution < -0.4 is 0 Å². The molecule has 3 nitrogen and oxygen atoms in total. The third kappa shape index (κ3) is 3.08. The fraction of sp³-hybridized carbons (Fsp3) is 0.389. The number of benzene rings is 2. The topological polar surface area (TPSA) is 29.5 Å². The van der Waals surface area contributed by atoms with Crippen LogP contribution in [0.5, 0.6) is 0 Å². The number of carbonyl (C=O) groups is 1. The smallest absolute Gasteiger partial charge is 0.253 e. The highest BCUT2D eigenvalue weighted by molar-refractivity contribution is 5.98. The van der Waals surface area contributed by atoms with Gasteiger partial charge in [0.2, 0.25) is 0 Å². The maximum atomic E-state index is 12.7. The Balaban J connectivity index is 1.79. The first-order chi connectivity index (χ1) is 10.3. The van der Waals surface area contributed by atoms with Crippen LogP contribution in [0.1, 0.15) is 23.2 Å². The number of ether oxygens (including phenoxy) is 1. The second-order valence-electron chi connectivity index (χ2n) is 5.78. The van der Waals surface area contributed by atoms with Crippen molar-refractivity contribution >= 4 is 16.7 Å². The van der Waals surface area contributed by atoms with Crippen molar-refractivity contribution in [1.82, 2.24) is 4.90 Å². The number of rotatable bonds is 3. The molecule has 3 rings (SSSR count). The van der Waals surface area contributed by atoms with Gasteiger partial charge in [-0.25, -0.2) is 0 Å². The number of fused-ring (bicyclic) bond motifs is 1. The van der Waals surface area contributed by atoms with E-state index in [0.717, 1.165) is 43.5 Å². The minimum atomic E-state index is 0.140. The predicted molar refractivity (Wildman–Crippen MR) is 84.5 cm³/mol. The quantitative estimate of drug-likeness (QED) is 0.864. The zero-order valence-corrected chi connectivity index (χ0v) is 12.4. The van der Waals surface area contributed by atoms with Gasteiger partial charge >= 0.3 is 0 Å². The highest BCUT2D eigenvalue weighted by Gasteiger charge is 2.24.